The fraction of sp³-hybridized carbons (Fsp3) is 0.905. The number of carbonyl (C=O) groups excluding carboxylic acids is 2. The van der Waals surface area contributed by atoms with Crippen molar-refractivity contribution in [2.24, 2.45) is 17.8 Å². The van der Waals surface area contributed by atoms with E-state index in [0.717, 1.165) is 57.8 Å². The lowest BCUT2D eigenvalue weighted by atomic mass is 9.86. The number of likely N-dealkylation sites (tertiary alicyclic amines) is 2. The van der Waals surface area contributed by atoms with Gasteiger partial charge in [-0.1, -0.05) is 32.1 Å². The average Bonchev–Trinajstić information content (AvgIpc) is 3.00. The second-order valence-corrected chi connectivity index (χ2v) is 8.69. The third-order valence-electron chi connectivity index (χ3n) is 6.63. The summed E-state index contributed by atoms with van der Waals surface area (Å²) in [7, 11) is 1.70. The second-order valence-electron chi connectivity index (χ2n) is 8.69. The highest BCUT2D eigenvalue weighted by atomic mass is 16.5. The summed E-state index contributed by atoms with van der Waals surface area (Å²) in [6.07, 6.45) is 11.3. The zero-order valence-corrected chi connectivity index (χ0v) is 16.5. The molecule has 0 radical (unpaired) electrons. The van der Waals surface area contributed by atoms with Crippen LogP contribution in [0.15, 0.2) is 0 Å². The second kappa shape index (κ2) is 9.72. The van der Waals surface area contributed by atoms with E-state index in [1.807, 2.05) is 4.90 Å². The molecule has 2 saturated heterocycles. The van der Waals surface area contributed by atoms with E-state index in [1.165, 1.54) is 32.1 Å². The van der Waals surface area contributed by atoms with Crippen LogP contribution in [0.3, 0.4) is 0 Å². The first kappa shape index (κ1) is 19.7. The Balaban J connectivity index is 1.34. The minimum atomic E-state index is 0.276. The highest BCUT2D eigenvalue weighted by Gasteiger charge is 2.32. The molecule has 5 nitrogen and oxygen atoms in total. The van der Waals surface area contributed by atoms with Crippen molar-refractivity contribution >= 4 is 11.8 Å². The van der Waals surface area contributed by atoms with Gasteiger partial charge in [0, 0.05) is 52.0 Å². The summed E-state index contributed by atoms with van der Waals surface area (Å²) in [6.45, 7) is 4.13. The number of amides is 2. The van der Waals surface area contributed by atoms with Gasteiger partial charge in [-0.25, -0.2) is 0 Å². The number of piperidine rings is 1. The van der Waals surface area contributed by atoms with E-state index in [4.69, 9.17) is 4.74 Å². The van der Waals surface area contributed by atoms with Gasteiger partial charge in [0.05, 0.1) is 6.61 Å². The number of rotatable bonds is 7. The molecule has 0 N–H and O–H groups in total. The van der Waals surface area contributed by atoms with Crippen LogP contribution in [-0.4, -0.2) is 61.5 Å². The Labute approximate surface area is 158 Å². The van der Waals surface area contributed by atoms with Crippen molar-refractivity contribution in [1.29, 1.82) is 0 Å². The molecule has 0 spiro atoms. The molecule has 1 unspecified atom stereocenters. The molecule has 1 saturated carbocycles. The predicted molar refractivity (Wildman–Crippen MR) is 102 cm³/mol. The van der Waals surface area contributed by atoms with Gasteiger partial charge in [0.1, 0.15) is 0 Å². The lowest BCUT2D eigenvalue weighted by Gasteiger charge is -2.34. The topological polar surface area (TPSA) is 49.9 Å². The SMILES string of the molecule is COCC1CC(=O)N(CC2CCN(C(=O)CCC3CCCCC3)CC2)C1. The van der Waals surface area contributed by atoms with Crippen LogP contribution in [0.4, 0.5) is 0 Å². The Bertz CT molecular complexity index is 468. The standard InChI is InChI=1S/C21H36N2O3/c1-26-16-19-13-21(25)23(15-19)14-18-9-11-22(12-10-18)20(24)8-7-17-5-3-2-4-6-17/h17-19H,2-16H2,1H3. The van der Waals surface area contributed by atoms with E-state index in [2.05, 4.69) is 4.90 Å². The van der Waals surface area contributed by atoms with Gasteiger partial charge in [-0.3, -0.25) is 9.59 Å². The number of ether oxygens (including phenoxy) is 1. The zero-order valence-electron chi connectivity index (χ0n) is 16.5. The molecule has 0 bridgehead atoms. The molecule has 0 aromatic rings. The van der Waals surface area contributed by atoms with Crippen LogP contribution in [0.1, 0.15) is 64.2 Å². The summed E-state index contributed by atoms with van der Waals surface area (Å²) >= 11 is 0. The Kier molecular flexibility index (Phi) is 7.35. The summed E-state index contributed by atoms with van der Waals surface area (Å²) in [5.74, 6) is 2.31. The largest absolute Gasteiger partial charge is 0.384 e. The molecule has 3 fully saturated rings. The molecule has 5 heteroatoms. The number of hydrogen-bond acceptors (Lipinski definition) is 3. The van der Waals surface area contributed by atoms with Gasteiger partial charge in [-0.2, -0.15) is 0 Å². The van der Waals surface area contributed by atoms with Gasteiger partial charge in [0.25, 0.3) is 0 Å². The molecule has 3 aliphatic rings. The monoisotopic (exact) mass is 364 g/mol. The van der Waals surface area contributed by atoms with Crippen LogP contribution in [0.25, 0.3) is 0 Å². The van der Waals surface area contributed by atoms with Gasteiger partial charge in [0.2, 0.25) is 11.8 Å². The lowest BCUT2D eigenvalue weighted by molar-refractivity contribution is -0.134. The van der Waals surface area contributed by atoms with Gasteiger partial charge in [-0.05, 0) is 31.1 Å². The fourth-order valence-corrected chi connectivity index (χ4v) is 5.02. The predicted octanol–water partition coefficient (Wildman–Crippen LogP) is 3.08. The summed E-state index contributed by atoms with van der Waals surface area (Å²) in [5.41, 5.74) is 0. The van der Waals surface area contributed by atoms with Crippen molar-refractivity contribution in [3.8, 4) is 0 Å². The normalized spacial score (nSPS) is 25.9. The van der Waals surface area contributed by atoms with Crippen molar-refractivity contribution in [3.63, 3.8) is 0 Å². The molecular weight excluding hydrogens is 328 g/mol. The minimum Gasteiger partial charge on any atom is -0.384 e. The Morgan fingerprint density at radius 3 is 2.46 bits per heavy atom. The molecule has 148 valence electrons. The maximum Gasteiger partial charge on any atom is 0.223 e. The lowest BCUT2D eigenvalue weighted by Crippen LogP contribution is -2.42. The molecule has 2 aliphatic heterocycles. The highest BCUT2D eigenvalue weighted by Crippen LogP contribution is 2.28. The van der Waals surface area contributed by atoms with E-state index in [-0.39, 0.29) is 5.91 Å². The first-order valence-electron chi connectivity index (χ1n) is 10.7. The van der Waals surface area contributed by atoms with Gasteiger partial charge >= 0.3 is 0 Å². The Morgan fingerprint density at radius 1 is 1.04 bits per heavy atom. The van der Waals surface area contributed by atoms with Crippen LogP contribution >= 0.6 is 0 Å². The Hall–Kier alpha value is -1.10. The number of methoxy groups -OCH3 is 1. The van der Waals surface area contributed by atoms with Crippen LogP contribution in [0, 0.1) is 17.8 Å². The minimum absolute atomic E-state index is 0.276. The van der Waals surface area contributed by atoms with E-state index in [1.54, 1.807) is 7.11 Å². The van der Waals surface area contributed by atoms with Gasteiger partial charge in [-0.15, -0.1) is 0 Å². The van der Waals surface area contributed by atoms with Crippen LogP contribution in [0.5, 0.6) is 0 Å². The maximum atomic E-state index is 12.5. The maximum absolute atomic E-state index is 12.5. The van der Waals surface area contributed by atoms with Crippen LogP contribution in [-0.2, 0) is 14.3 Å². The average molecular weight is 365 g/mol. The van der Waals surface area contributed by atoms with Crippen molar-refractivity contribution in [3.05, 3.63) is 0 Å². The summed E-state index contributed by atoms with van der Waals surface area (Å²) < 4.78 is 5.20. The molecule has 0 aromatic carbocycles. The summed E-state index contributed by atoms with van der Waals surface area (Å²) in [4.78, 5) is 28.7. The van der Waals surface area contributed by atoms with Crippen molar-refractivity contribution in [2.75, 3.05) is 39.9 Å². The van der Waals surface area contributed by atoms with E-state index < -0.39 is 0 Å². The van der Waals surface area contributed by atoms with E-state index in [0.29, 0.717) is 30.8 Å². The summed E-state index contributed by atoms with van der Waals surface area (Å²) in [6, 6.07) is 0. The molecule has 0 aromatic heterocycles. The van der Waals surface area contributed by atoms with Crippen molar-refractivity contribution in [2.45, 2.75) is 64.2 Å². The third-order valence-corrected chi connectivity index (χ3v) is 6.63. The number of hydrogen-bond donors (Lipinski definition) is 0. The highest BCUT2D eigenvalue weighted by molar-refractivity contribution is 5.78. The van der Waals surface area contributed by atoms with E-state index >= 15 is 0 Å². The molecule has 2 heterocycles. The van der Waals surface area contributed by atoms with Gasteiger partial charge in [0.15, 0.2) is 0 Å². The molecular formula is C21H36N2O3. The van der Waals surface area contributed by atoms with E-state index in [9.17, 15) is 9.59 Å². The zero-order chi connectivity index (χ0) is 18.4. The summed E-state index contributed by atoms with van der Waals surface area (Å²) in [5, 5.41) is 0. The quantitative estimate of drug-likeness (QED) is 0.697. The van der Waals surface area contributed by atoms with Crippen molar-refractivity contribution < 1.29 is 14.3 Å². The van der Waals surface area contributed by atoms with Crippen LogP contribution in [0.2, 0.25) is 0 Å². The number of nitrogens with zero attached hydrogens (tertiary/aromatic N) is 2. The first-order valence-corrected chi connectivity index (χ1v) is 10.7. The molecule has 26 heavy (non-hydrogen) atoms. The van der Waals surface area contributed by atoms with Crippen LogP contribution < -0.4 is 0 Å². The molecule has 1 atom stereocenters. The molecule has 3 rings (SSSR count). The fourth-order valence-electron chi connectivity index (χ4n) is 5.02. The third kappa shape index (κ3) is 5.45. The first-order chi connectivity index (χ1) is 12.7. The smallest absolute Gasteiger partial charge is 0.223 e. The van der Waals surface area contributed by atoms with Gasteiger partial charge < -0.3 is 14.5 Å². The number of carbonyl (C=O) groups is 2. The molecule has 1 aliphatic carbocycles. The molecule has 2 amide bonds. The Morgan fingerprint density at radius 2 is 1.77 bits per heavy atom. The van der Waals surface area contributed by atoms with Crippen molar-refractivity contribution in [1.82, 2.24) is 9.80 Å².